The van der Waals surface area contributed by atoms with Gasteiger partial charge in [-0.3, -0.25) is 9.48 Å². The molecule has 2 aromatic rings. The van der Waals surface area contributed by atoms with E-state index in [9.17, 15) is 9.18 Å². The highest BCUT2D eigenvalue weighted by Crippen LogP contribution is 2.18. The summed E-state index contributed by atoms with van der Waals surface area (Å²) in [5, 5.41) is 15.5. The molecule has 1 aromatic carbocycles. The third-order valence-electron chi connectivity index (χ3n) is 2.63. The number of hydrogen-bond acceptors (Lipinski definition) is 4. The van der Waals surface area contributed by atoms with Gasteiger partial charge in [-0.15, -0.1) is 0 Å². The number of phenolic OH excluding ortho intramolecular Hbond substituents is 1. The van der Waals surface area contributed by atoms with Crippen LogP contribution in [0.4, 0.5) is 10.2 Å². The molecule has 0 bridgehead atoms. The van der Waals surface area contributed by atoms with E-state index < -0.39 is 11.7 Å². The molecule has 1 aromatic heterocycles. The van der Waals surface area contributed by atoms with Crippen LogP contribution >= 0.6 is 12.2 Å². The normalized spacial score (nSPS) is 10.3. The van der Waals surface area contributed by atoms with E-state index in [4.69, 9.17) is 23.1 Å². The second kappa shape index (κ2) is 5.25. The Hall–Kier alpha value is -2.48. The molecule has 0 fully saturated rings. The van der Waals surface area contributed by atoms with Gasteiger partial charge in [-0.1, -0.05) is 12.2 Å². The van der Waals surface area contributed by atoms with Crippen molar-refractivity contribution in [1.82, 2.24) is 9.78 Å². The predicted molar refractivity (Wildman–Crippen MR) is 75.1 cm³/mol. The maximum Gasteiger partial charge on any atom is 0.259 e. The van der Waals surface area contributed by atoms with Gasteiger partial charge >= 0.3 is 0 Å². The molecule has 0 unspecified atom stereocenters. The molecule has 1 amide bonds. The quantitative estimate of drug-likeness (QED) is 0.738. The second-order valence-electron chi connectivity index (χ2n) is 4.01. The first-order valence-corrected chi connectivity index (χ1v) is 5.92. The van der Waals surface area contributed by atoms with Gasteiger partial charge in [-0.25, -0.2) is 4.39 Å². The predicted octanol–water partition coefficient (Wildman–Crippen LogP) is 1.15. The molecule has 20 heavy (non-hydrogen) atoms. The maximum absolute atomic E-state index is 13.6. The van der Waals surface area contributed by atoms with Crippen LogP contribution in [0.3, 0.4) is 0 Å². The fourth-order valence-corrected chi connectivity index (χ4v) is 1.78. The third kappa shape index (κ3) is 2.59. The molecular weight excluding hydrogens is 283 g/mol. The van der Waals surface area contributed by atoms with E-state index in [1.54, 1.807) is 7.05 Å². The van der Waals surface area contributed by atoms with Gasteiger partial charge in [-0.2, -0.15) is 5.10 Å². The van der Waals surface area contributed by atoms with Crippen molar-refractivity contribution in [2.24, 2.45) is 12.8 Å². The average Bonchev–Trinajstić information content (AvgIpc) is 2.71. The van der Waals surface area contributed by atoms with Crippen LogP contribution in [-0.4, -0.2) is 25.8 Å². The number of thiocarbonyl (C=S) groups is 1. The van der Waals surface area contributed by atoms with Crippen LogP contribution in [0.15, 0.2) is 24.4 Å². The lowest BCUT2D eigenvalue weighted by molar-refractivity contribution is 0.102. The maximum atomic E-state index is 13.6. The number of anilines is 1. The van der Waals surface area contributed by atoms with Crippen molar-refractivity contribution in [3.05, 3.63) is 41.3 Å². The van der Waals surface area contributed by atoms with Gasteiger partial charge in [0.2, 0.25) is 0 Å². The van der Waals surface area contributed by atoms with Crippen molar-refractivity contribution in [2.45, 2.75) is 0 Å². The van der Waals surface area contributed by atoms with Crippen LogP contribution < -0.4 is 11.1 Å². The number of nitrogens with two attached hydrogens (primary N) is 1. The Bertz CT molecular complexity index is 699. The van der Waals surface area contributed by atoms with Crippen molar-refractivity contribution < 1.29 is 14.3 Å². The van der Waals surface area contributed by atoms with E-state index in [2.05, 4.69) is 10.4 Å². The highest BCUT2D eigenvalue weighted by Gasteiger charge is 2.17. The molecule has 0 aliphatic heterocycles. The largest absolute Gasteiger partial charge is 0.508 e. The van der Waals surface area contributed by atoms with Crippen molar-refractivity contribution in [3.63, 3.8) is 0 Å². The van der Waals surface area contributed by atoms with E-state index >= 15 is 0 Å². The molecule has 1 heterocycles. The minimum absolute atomic E-state index is 0.0691. The number of phenols is 1. The van der Waals surface area contributed by atoms with Gasteiger partial charge in [0.05, 0.1) is 17.3 Å². The smallest absolute Gasteiger partial charge is 0.259 e. The van der Waals surface area contributed by atoms with E-state index in [0.29, 0.717) is 5.56 Å². The van der Waals surface area contributed by atoms with Gasteiger partial charge in [0.15, 0.2) is 0 Å². The molecule has 4 N–H and O–H groups in total. The number of aryl methyl sites for hydroxylation is 1. The van der Waals surface area contributed by atoms with Gasteiger partial charge < -0.3 is 16.2 Å². The van der Waals surface area contributed by atoms with Crippen molar-refractivity contribution in [1.29, 1.82) is 0 Å². The molecular formula is C12H11FN4O2S. The zero-order valence-corrected chi connectivity index (χ0v) is 11.2. The van der Waals surface area contributed by atoms with Gasteiger partial charge in [-0.05, 0) is 12.1 Å². The Morgan fingerprint density at radius 3 is 2.80 bits per heavy atom. The lowest BCUT2D eigenvalue weighted by Crippen LogP contribution is -2.19. The van der Waals surface area contributed by atoms with Gasteiger partial charge in [0.25, 0.3) is 5.91 Å². The Balaban J connectivity index is 2.33. The van der Waals surface area contributed by atoms with E-state index in [-0.39, 0.29) is 22.1 Å². The van der Waals surface area contributed by atoms with Crippen LogP contribution in [0.1, 0.15) is 15.9 Å². The SMILES string of the molecule is Cn1ncc(C(N)=S)c1NC(=O)c1ccc(O)cc1F. The lowest BCUT2D eigenvalue weighted by Gasteiger charge is -2.08. The number of nitrogens with one attached hydrogen (secondary N) is 1. The summed E-state index contributed by atoms with van der Waals surface area (Å²) in [6, 6.07) is 3.25. The highest BCUT2D eigenvalue weighted by atomic mass is 32.1. The third-order valence-corrected chi connectivity index (χ3v) is 2.85. The Morgan fingerprint density at radius 2 is 2.20 bits per heavy atom. The van der Waals surface area contributed by atoms with E-state index in [1.807, 2.05) is 0 Å². The molecule has 6 nitrogen and oxygen atoms in total. The number of carbonyl (C=O) groups is 1. The first kappa shape index (κ1) is 13.9. The first-order chi connectivity index (χ1) is 9.40. The summed E-state index contributed by atoms with van der Waals surface area (Å²) >= 11 is 4.84. The lowest BCUT2D eigenvalue weighted by atomic mass is 10.2. The van der Waals surface area contributed by atoms with Gasteiger partial charge in [0.1, 0.15) is 22.4 Å². The summed E-state index contributed by atoms with van der Waals surface area (Å²) in [6.45, 7) is 0. The zero-order chi connectivity index (χ0) is 14.9. The monoisotopic (exact) mass is 294 g/mol. The number of amides is 1. The summed E-state index contributed by atoms with van der Waals surface area (Å²) in [4.78, 5) is 12.1. The average molecular weight is 294 g/mol. The standard InChI is InChI=1S/C12H11FN4O2S/c1-17-11(8(5-15-17)10(14)20)16-12(19)7-3-2-6(18)4-9(7)13/h2-5,18H,1H3,(H2,14,20)(H,16,19). The number of nitrogens with zero attached hydrogens (tertiary/aromatic N) is 2. The number of aromatic nitrogens is 2. The summed E-state index contributed by atoms with van der Waals surface area (Å²) < 4.78 is 15.0. The number of aromatic hydroxyl groups is 1. The minimum Gasteiger partial charge on any atom is -0.508 e. The van der Waals surface area contributed by atoms with Crippen LogP contribution in [0.2, 0.25) is 0 Å². The van der Waals surface area contributed by atoms with E-state index in [0.717, 1.165) is 6.07 Å². The summed E-state index contributed by atoms with van der Waals surface area (Å²) in [7, 11) is 1.59. The summed E-state index contributed by atoms with van der Waals surface area (Å²) in [6.07, 6.45) is 1.41. The molecule has 2 rings (SSSR count). The molecule has 0 saturated heterocycles. The number of halogens is 1. The molecule has 0 spiro atoms. The summed E-state index contributed by atoms with van der Waals surface area (Å²) in [5.74, 6) is -1.51. The first-order valence-electron chi connectivity index (χ1n) is 5.52. The van der Waals surface area contributed by atoms with Crippen LogP contribution in [-0.2, 0) is 7.05 Å². The van der Waals surface area contributed by atoms with Crippen molar-refractivity contribution in [3.8, 4) is 5.75 Å². The number of carbonyl (C=O) groups excluding carboxylic acids is 1. The van der Waals surface area contributed by atoms with Crippen LogP contribution in [0.25, 0.3) is 0 Å². The fourth-order valence-electron chi connectivity index (χ4n) is 1.63. The molecule has 0 atom stereocenters. The molecule has 0 aliphatic carbocycles. The Labute approximate surface area is 119 Å². The van der Waals surface area contributed by atoms with Crippen LogP contribution in [0, 0.1) is 5.82 Å². The minimum atomic E-state index is -0.832. The molecule has 104 valence electrons. The van der Waals surface area contributed by atoms with Crippen molar-refractivity contribution >= 4 is 28.9 Å². The van der Waals surface area contributed by atoms with E-state index in [1.165, 1.54) is 23.0 Å². The molecule has 0 radical (unpaired) electrons. The van der Waals surface area contributed by atoms with Crippen LogP contribution in [0.5, 0.6) is 5.75 Å². The molecule has 0 aliphatic rings. The topological polar surface area (TPSA) is 93.2 Å². The molecule has 8 heteroatoms. The number of hydrogen-bond donors (Lipinski definition) is 3. The highest BCUT2D eigenvalue weighted by molar-refractivity contribution is 7.80. The number of rotatable bonds is 3. The summed E-state index contributed by atoms with van der Waals surface area (Å²) in [5.41, 5.74) is 5.69. The van der Waals surface area contributed by atoms with Gasteiger partial charge in [0, 0.05) is 13.1 Å². The second-order valence-corrected chi connectivity index (χ2v) is 4.45. The Kier molecular flexibility index (Phi) is 3.66. The molecule has 0 saturated carbocycles. The fraction of sp³-hybridized carbons (Fsp3) is 0.0833. The number of benzene rings is 1. The Morgan fingerprint density at radius 1 is 1.50 bits per heavy atom. The van der Waals surface area contributed by atoms with Crippen molar-refractivity contribution in [2.75, 3.05) is 5.32 Å². The zero-order valence-electron chi connectivity index (χ0n) is 10.4.